The lowest BCUT2D eigenvalue weighted by Crippen LogP contribution is -2.53. The molecule has 0 amide bonds. The third kappa shape index (κ3) is 7.33. The van der Waals surface area contributed by atoms with Crippen molar-refractivity contribution in [2.24, 2.45) is 0 Å². The number of carboxylic acid groups (broad SMARTS) is 1. The Morgan fingerprint density at radius 1 is 0.969 bits per heavy atom. The molecule has 32 heavy (non-hydrogen) atoms. The molecule has 2 aromatic rings. The summed E-state index contributed by atoms with van der Waals surface area (Å²) in [4.78, 5) is 24.0. The van der Waals surface area contributed by atoms with Crippen LogP contribution in [0, 0.1) is 0 Å². The average Bonchev–Trinajstić information content (AvgIpc) is 2.74. The average molecular weight is 505 g/mol. The lowest BCUT2D eigenvalue weighted by molar-refractivity contribution is -0.359. The van der Waals surface area contributed by atoms with Crippen molar-refractivity contribution in [3.63, 3.8) is 0 Å². The summed E-state index contributed by atoms with van der Waals surface area (Å²) in [7, 11) is 1.44. The van der Waals surface area contributed by atoms with Crippen LogP contribution in [-0.4, -0.2) is 44.7 Å². The molecule has 0 aliphatic rings. The van der Waals surface area contributed by atoms with Crippen molar-refractivity contribution in [1.82, 2.24) is 0 Å². The van der Waals surface area contributed by atoms with Gasteiger partial charge in [-0.05, 0) is 35.4 Å². The number of carbonyl (C=O) groups excluding carboxylic acids is 2. The van der Waals surface area contributed by atoms with Crippen LogP contribution in [0.25, 0.3) is 0 Å². The Morgan fingerprint density at radius 3 is 2.22 bits per heavy atom. The van der Waals surface area contributed by atoms with Gasteiger partial charge in [-0.2, -0.15) is 0 Å². The molecule has 0 bridgehead atoms. The van der Waals surface area contributed by atoms with E-state index < -0.39 is 24.3 Å². The third-order valence-corrected chi connectivity index (χ3v) is 5.29. The third-order valence-electron chi connectivity index (χ3n) is 4.47. The fourth-order valence-electron chi connectivity index (χ4n) is 2.77. The molecular weight excluding hydrogens is 483 g/mol. The summed E-state index contributed by atoms with van der Waals surface area (Å²) in [5, 5.41) is 12.9. The van der Waals surface area contributed by atoms with E-state index in [4.69, 9.17) is 53.8 Å². The summed E-state index contributed by atoms with van der Waals surface area (Å²) in [6, 6.07) is 9.90. The molecule has 2 aromatic carbocycles. The molecule has 0 heterocycles. The molecule has 0 aliphatic heterocycles. The first-order valence-corrected chi connectivity index (χ1v) is 10.8. The molecule has 0 spiro atoms. The Balaban J connectivity index is 2.13. The maximum absolute atomic E-state index is 12.4. The van der Waals surface area contributed by atoms with Gasteiger partial charge in [-0.3, -0.25) is 0 Å². The highest BCUT2D eigenvalue weighted by molar-refractivity contribution is 6.35. The Bertz CT molecular complexity index is 951. The lowest BCUT2D eigenvalue weighted by atomic mass is 10.0. The number of halogens is 3. The second-order valence-electron chi connectivity index (χ2n) is 6.66. The van der Waals surface area contributed by atoms with Crippen molar-refractivity contribution in [3.8, 4) is 5.75 Å². The summed E-state index contributed by atoms with van der Waals surface area (Å²) in [6.07, 6.45) is 0.249. The Hall–Kier alpha value is -1.87. The minimum Gasteiger partial charge on any atom is -0.544 e. The van der Waals surface area contributed by atoms with Crippen molar-refractivity contribution in [2.45, 2.75) is 25.6 Å². The van der Waals surface area contributed by atoms with Crippen LogP contribution in [0.15, 0.2) is 36.4 Å². The van der Waals surface area contributed by atoms with Gasteiger partial charge < -0.3 is 28.8 Å². The van der Waals surface area contributed by atoms with Gasteiger partial charge in [0.05, 0.1) is 13.2 Å². The summed E-state index contributed by atoms with van der Waals surface area (Å²) in [5.74, 6) is -4.37. The lowest BCUT2D eigenvalue weighted by Gasteiger charge is -2.33. The van der Waals surface area contributed by atoms with E-state index in [2.05, 4.69) is 0 Å². The van der Waals surface area contributed by atoms with E-state index in [0.29, 0.717) is 27.1 Å². The van der Waals surface area contributed by atoms with Crippen molar-refractivity contribution < 1.29 is 33.6 Å². The fraction of sp³-hybridized carbons (Fsp3) is 0.364. The molecule has 0 N–H and O–H groups in total. The van der Waals surface area contributed by atoms with Crippen molar-refractivity contribution in [2.75, 3.05) is 26.9 Å². The van der Waals surface area contributed by atoms with Crippen LogP contribution in [0.4, 0.5) is 0 Å². The van der Waals surface area contributed by atoms with Crippen LogP contribution in [-0.2, 0) is 30.2 Å². The maximum Gasteiger partial charge on any atom is 0.337 e. The standard InChI is InChI=1S/C22H23Cl3O7/c1-3-22(21(27)28,30-9-8-29-2)31-13-20(26)32-19-12-17(24)7-5-15(19)10-14-4-6-16(23)11-18(14)25/h4-7,11-12H,3,8-10,13H2,1-2H3,(H,27,28)/p-1. The monoisotopic (exact) mass is 503 g/mol. The van der Waals surface area contributed by atoms with Gasteiger partial charge in [-0.25, -0.2) is 4.79 Å². The van der Waals surface area contributed by atoms with Crippen LogP contribution in [0.1, 0.15) is 24.5 Å². The Labute approximate surface area is 201 Å². The Morgan fingerprint density at radius 2 is 1.62 bits per heavy atom. The van der Waals surface area contributed by atoms with E-state index in [0.717, 1.165) is 5.56 Å². The number of carbonyl (C=O) groups is 2. The van der Waals surface area contributed by atoms with E-state index in [-0.39, 0.29) is 25.4 Å². The molecule has 0 aromatic heterocycles. The number of carboxylic acids is 1. The zero-order valence-electron chi connectivity index (χ0n) is 17.5. The van der Waals surface area contributed by atoms with Crippen LogP contribution in [0.3, 0.4) is 0 Å². The second-order valence-corrected chi connectivity index (χ2v) is 7.94. The highest BCUT2D eigenvalue weighted by Gasteiger charge is 2.33. The number of esters is 1. The molecule has 10 heteroatoms. The normalized spacial score (nSPS) is 12.9. The van der Waals surface area contributed by atoms with Crippen LogP contribution < -0.4 is 9.84 Å². The van der Waals surface area contributed by atoms with E-state index in [1.807, 2.05) is 0 Å². The van der Waals surface area contributed by atoms with Gasteiger partial charge in [-0.15, -0.1) is 0 Å². The van der Waals surface area contributed by atoms with Gasteiger partial charge in [0.25, 0.3) is 0 Å². The van der Waals surface area contributed by atoms with Gasteiger partial charge in [0, 0.05) is 35.0 Å². The molecule has 0 radical (unpaired) electrons. The van der Waals surface area contributed by atoms with Gasteiger partial charge in [0.1, 0.15) is 18.3 Å². The first-order chi connectivity index (χ1) is 15.2. The predicted octanol–water partition coefficient (Wildman–Crippen LogP) is 3.68. The largest absolute Gasteiger partial charge is 0.544 e. The first kappa shape index (κ1) is 26.4. The fourth-order valence-corrected chi connectivity index (χ4v) is 3.40. The number of hydrogen-bond acceptors (Lipinski definition) is 7. The SMILES string of the molecule is CCC(OCCOC)(OCC(=O)Oc1cc(Cl)ccc1Cc1ccc(Cl)cc1Cl)C(=O)[O-]. The van der Waals surface area contributed by atoms with E-state index in [9.17, 15) is 14.7 Å². The highest BCUT2D eigenvalue weighted by Crippen LogP contribution is 2.29. The summed E-state index contributed by atoms with van der Waals surface area (Å²) >= 11 is 18.2. The zero-order chi connectivity index (χ0) is 23.7. The van der Waals surface area contributed by atoms with Crippen LogP contribution >= 0.6 is 34.8 Å². The van der Waals surface area contributed by atoms with Crippen molar-refractivity contribution in [3.05, 3.63) is 62.6 Å². The molecule has 0 saturated heterocycles. The van der Waals surface area contributed by atoms with E-state index >= 15 is 0 Å². The molecule has 2 rings (SSSR count). The predicted molar refractivity (Wildman–Crippen MR) is 118 cm³/mol. The minimum absolute atomic E-state index is 0.0618. The summed E-state index contributed by atoms with van der Waals surface area (Å²) < 4.78 is 20.8. The van der Waals surface area contributed by atoms with Gasteiger partial charge in [0.15, 0.2) is 0 Å². The maximum atomic E-state index is 12.4. The van der Waals surface area contributed by atoms with Gasteiger partial charge in [0.2, 0.25) is 5.79 Å². The number of benzene rings is 2. The summed E-state index contributed by atoms with van der Waals surface area (Å²) in [6.45, 7) is 0.914. The molecule has 7 nitrogen and oxygen atoms in total. The number of rotatable bonds is 12. The van der Waals surface area contributed by atoms with E-state index in [1.165, 1.54) is 20.1 Å². The molecule has 0 aliphatic carbocycles. The van der Waals surface area contributed by atoms with Gasteiger partial charge in [-0.1, -0.05) is 53.9 Å². The molecule has 174 valence electrons. The van der Waals surface area contributed by atoms with Crippen molar-refractivity contribution in [1.29, 1.82) is 0 Å². The topological polar surface area (TPSA) is 94.1 Å². The molecule has 0 saturated carbocycles. The first-order valence-electron chi connectivity index (χ1n) is 9.62. The van der Waals surface area contributed by atoms with Gasteiger partial charge >= 0.3 is 5.97 Å². The molecular formula is C22H22Cl3O7-. The molecule has 1 unspecified atom stereocenters. The van der Waals surface area contributed by atoms with Crippen LogP contribution in [0.5, 0.6) is 5.75 Å². The van der Waals surface area contributed by atoms with Crippen molar-refractivity contribution >= 4 is 46.7 Å². The molecule has 1 atom stereocenters. The molecule has 0 fully saturated rings. The number of aliphatic carboxylic acids is 1. The van der Waals surface area contributed by atoms with Crippen LogP contribution in [0.2, 0.25) is 15.1 Å². The minimum atomic E-state index is -2.11. The Kier molecular flexibility index (Phi) is 10.2. The number of ether oxygens (including phenoxy) is 4. The summed E-state index contributed by atoms with van der Waals surface area (Å²) in [5.41, 5.74) is 1.39. The second kappa shape index (κ2) is 12.4. The number of methoxy groups -OCH3 is 1. The highest BCUT2D eigenvalue weighted by atomic mass is 35.5. The zero-order valence-corrected chi connectivity index (χ0v) is 19.8. The van der Waals surface area contributed by atoms with E-state index in [1.54, 1.807) is 30.3 Å². The smallest absolute Gasteiger partial charge is 0.337 e. The number of hydrogen-bond donors (Lipinski definition) is 0. The quantitative estimate of drug-likeness (QED) is 0.188.